The summed E-state index contributed by atoms with van der Waals surface area (Å²) < 4.78 is -0.103. The third kappa shape index (κ3) is 3.20. The van der Waals surface area contributed by atoms with Crippen molar-refractivity contribution in [1.29, 1.82) is 0 Å². The molecule has 0 aromatic rings. The Bertz CT molecular complexity index is 379. The maximum absolute atomic E-state index is 11.3. The third-order valence-corrected chi connectivity index (χ3v) is 2.99. The molecule has 18 heavy (non-hydrogen) atoms. The first kappa shape index (κ1) is 14.9. The molecule has 0 radical (unpaired) electrons. The molecule has 0 aromatic heterocycles. The molecule has 1 rings (SSSR count). The van der Waals surface area contributed by atoms with Gasteiger partial charge < -0.3 is 15.5 Å². The van der Waals surface area contributed by atoms with E-state index < -0.39 is 4.92 Å². The SMILES string of the molecule is CCN(CC)C(=C(Cl)Cl)C(=C1NCCN1)[N+](=O)[O-]. The molecule has 0 aromatic carbocycles. The van der Waals surface area contributed by atoms with E-state index in [-0.39, 0.29) is 15.9 Å². The fourth-order valence-corrected chi connectivity index (χ4v) is 2.22. The Morgan fingerprint density at radius 1 is 1.33 bits per heavy atom. The van der Waals surface area contributed by atoms with Crippen molar-refractivity contribution in [2.75, 3.05) is 26.2 Å². The summed E-state index contributed by atoms with van der Waals surface area (Å²) in [5, 5.41) is 17.1. The van der Waals surface area contributed by atoms with Crippen molar-refractivity contribution in [3.63, 3.8) is 0 Å². The molecule has 1 heterocycles. The molecular formula is C10H16Cl2N4O2. The van der Waals surface area contributed by atoms with Crippen LogP contribution < -0.4 is 10.6 Å². The summed E-state index contributed by atoms with van der Waals surface area (Å²) >= 11 is 11.6. The molecule has 0 atom stereocenters. The lowest BCUT2D eigenvalue weighted by Crippen LogP contribution is -2.29. The van der Waals surface area contributed by atoms with Crippen molar-refractivity contribution in [3.8, 4) is 0 Å². The highest BCUT2D eigenvalue weighted by Gasteiger charge is 2.31. The summed E-state index contributed by atoms with van der Waals surface area (Å²) in [4.78, 5) is 12.5. The van der Waals surface area contributed by atoms with Crippen LogP contribution in [0.4, 0.5) is 0 Å². The number of rotatable bonds is 5. The van der Waals surface area contributed by atoms with Gasteiger partial charge in [0.1, 0.15) is 4.49 Å². The number of likely N-dealkylation sites (N-methyl/N-ethyl adjacent to an activating group) is 1. The first-order valence-electron chi connectivity index (χ1n) is 5.69. The zero-order valence-corrected chi connectivity index (χ0v) is 11.8. The van der Waals surface area contributed by atoms with Crippen LogP contribution in [-0.2, 0) is 0 Å². The topological polar surface area (TPSA) is 70.4 Å². The second-order valence-corrected chi connectivity index (χ2v) is 4.56. The highest BCUT2D eigenvalue weighted by Crippen LogP contribution is 2.26. The van der Waals surface area contributed by atoms with E-state index in [4.69, 9.17) is 23.2 Å². The van der Waals surface area contributed by atoms with Gasteiger partial charge in [-0.05, 0) is 13.8 Å². The predicted molar refractivity (Wildman–Crippen MR) is 71.7 cm³/mol. The van der Waals surface area contributed by atoms with E-state index in [1.54, 1.807) is 4.90 Å². The van der Waals surface area contributed by atoms with Crippen LogP contribution in [0.1, 0.15) is 13.8 Å². The maximum atomic E-state index is 11.3. The number of nitrogens with zero attached hydrogens (tertiary/aromatic N) is 2. The molecule has 1 aliphatic rings. The summed E-state index contributed by atoms with van der Waals surface area (Å²) in [5.41, 5.74) is 0.126. The molecule has 6 nitrogen and oxygen atoms in total. The maximum Gasteiger partial charge on any atom is 0.334 e. The Kier molecular flexibility index (Phi) is 5.55. The van der Waals surface area contributed by atoms with E-state index in [1.807, 2.05) is 13.8 Å². The lowest BCUT2D eigenvalue weighted by atomic mass is 10.3. The van der Waals surface area contributed by atoms with E-state index in [0.717, 1.165) is 0 Å². The average Bonchev–Trinajstić information content (AvgIpc) is 2.81. The number of nitrogens with one attached hydrogen (secondary N) is 2. The molecule has 8 heteroatoms. The molecule has 2 N–H and O–H groups in total. The lowest BCUT2D eigenvalue weighted by Gasteiger charge is -2.23. The van der Waals surface area contributed by atoms with Crippen molar-refractivity contribution < 1.29 is 4.92 Å². The Balaban J connectivity index is 3.29. The smallest absolute Gasteiger partial charge is 0.334 e. The first-order chi connectivity index (χ1) is 8.52. The van der Waals surface area contributed by atoms with Crippen molar-refractivity contribution in [1.82, 2.24) is 15.5 Å². The van der Waals surface area contributed by atoms with Gasteiger partial charge >= 0.3 is 5.70 Å². The molecule has 0 bridgehead atoms. The summed E-state index contributed by atoms with van der Waals surface area (Å²) in [6, 6.07) is 0. The zero-order chi connectivity index (χ0) is 13.7. The minimum absolute atomic E-state index is 0.103. The van der Waals surface area contributed by atoms with E-state index in [2.05, 4.69) is 10.6 Å². The van der Waals surface area contributed by atoms with Gasteiger partial charge in [-0.3, -0.25) is 10.1 Å². The van der Waals surface area contributed by atoms with Crippen LogP contribution in [0, 0.1) is 10.1 Å². The van der Waals surface area contributed by atoms with Gasteiger partial charge in [-0.25, -0.2) is 0 Å². The fraction of sp³-hybridized carbons (Fsp3) is 0.600. The third-order valence-electron chi connectivity index (χ3n) is 2.63. The zero-order valence-electron chi connectivity index (χ0n) is 10.3. The van der Waals surface area contributed by atoms with Gasteiger partial charge in [-0.15, -0.1) is 0 Å². The first-order valence-corrected chi connectivity index (χ1v) is 6.45. The van der Waals surface area contributed by atoms with Crippen LogP contribution in [0.2, 0.25) is 0 Å². The van der Waals surface area contributed by atoms with Gasteiger partial charge in [-0.2, -0.15) is 0 Å². The molecule has 0 spiro atoms. The van der Waals surface area contributed by atoms with Crippen molar-refractivity contribution in [2.45, 2.75) is 13.8 Å². The molecule has 1 fully saturated rings. The van der Waals surface area contributed by atoms with Crippen LogP contribution in [0.5, 0.6) is 0 Å². The molecular weight excluding hydrogens is 279 g/mol. The largest absolute Gasteiger partial charge is 0.364 e. The van der Waals surface area contributed by atoms with Gasteiger partial charge in [0.15, 0.2) is 11.5 Å². The summed E-state index contributed by atoms with van der Waals surface area (Å²) in [7, 11) is 0. The van der Waals surface area contributed by atoms with Gasteiger partial charge in [0.25, 0.3) is 0 Å². The molecule has 0 amide bonds. The summed E-state index contributed by atoms with van der Waals surface area (Å²) in [6.07, 6.45) is 0. The monoisotopic (exact) mass is 294 g/mol. The minimum Gasteiger partial charge on any atom is -0.364 e. The Labute approximate surface area is 116 Å². The number of hydrogen-bond donors (Lipinski definition) is 2. The second kappa shape index (κ2) is 6.70. The Hall–Kier alpha value is -1.14. The van der Waals surface area contributed by atoms with E-state index in [9.17, 15) is 10.1 Å². The lowest BCUT2D eigenvalue weighted by molar-refractivity contribution is -0.424. The molecule has 0 unspecified atom stereocenters. The van der Waals surface area contributed by atoms with Crippen LogP contribution in [0.15, 0.2) is 21.7 Å². The Morgan fingerprint density at radius 3 is 2.17 bits per heavy atom. The van der Waals surface area contributed by atoms with Crippen LogP contribution in [-0.4, -0.2) is 36.0 Å². The quantitative estimate of drug-likeness (QED) is 0.595. The summed E-state index contributed by atoms with van der Waals surface area (Å²) in [6.45, 7) is 6.21. The van der Waals surface area contributed by atoms with Crippen LogP contribution >= 0.6 is 23.2 Å². The standard InChI is InChI=1S/C10H16Cl2N4O2/c1-3-15(4-2)7(9(11)12)8(16(17)18)10-13-5-6-14-10/h13-14H,3-6H2,1-2H3. The van der Waals surface area contributed by atoms with E-state index in [0.29, 0.717) is 32.0 Å². The summed E-state index contributed by atoms with van der Waals surface area (Å²) in [5.74, 6) is 0.362. The molecule has 0 aliphatic carbocycles. The number of nitro groups is 1. The van der Waals surface area contributed by atoms with Crippen molar-refractivity contribution in [2.24, 2.45) is 0 Å². The highest BCUT2D eigenvalue weighted by molar-refractivity contribution is 6.56. The van der Waals surface area contributed by atoms with Crippen LogP contribution in [0.25, 0.3) is 0 Å². The van der Waals surface area contributed by atoms with Gasteiger partial charge in [0.05, 0.1) is 4.92 Å². The minimum atomic E-state index is -0.473. The van der Waals surface area contributed by atoms with Gasteiger partial charge in [0.2, 0.25) is 0 Å². The molecule has 0 saturated carbocycles. The second-order valence-electron chi connectivity index (χ2n) is 3.62. The van der Waals surface area contributed by atoms with E-state index in [1.165, 1.54) is 0 Å². The fourth-order valence-electron chi connectivity index (χ4n) is 1.80. The number of hydrogen-bond acceptors (Lipinski definition) is 5. The van der Waals surface area contributed by atoms with E-state index >= 15 is 0 Å². The predicted octanol–water partition coefficient (Wildman–Crippen LogP) is 1.61. The van der Waals surface area contributed by atoms with Crippen LogP contribution in [0.3, 0.4) is 0 Å². The number of halogens is 2. The van der Waals surface area contributed by atoms with Gasteiger partial charge in [-0.1, -0.05) is 23.2 Å². The van der Waals surface area contributed by atoms with Gasteiger partial charge in [0, 0.05) is 26.2 Å². The molecule has 1 saturated heterocycles. The molecule has 1 aliphatic heterocycles. The highest BCUT2D eigenvalue weighted by atomic mass is 35.5. The normalized spacial score (nSPS) is 13.7. The van der Waals surface area contributed by atoms with Crippen molar-refractivity contribution in [3.05, 3.63) is 31.8 Å². The molecule has 102 valence electrons. The van der Waals surface area contributed by atoms with Crippen molar-refractivity contribution >= 4 is 23.2 Å². The average molecular weight is 295 g/mol. The Morgan fingerprint density at radius 2 is 1.83 bits per heavy atom.